The summed E-state index contributed by atoms with van der Waals surface area (Å²) in [5, 5.41) is 7.16. The van der Waals surface area contributed by atoms with Gasteiger partial charge < -0.3 is 10.1 Å². The maximum Gasteiger partial charge on any atom is 0.243 e. The summed E-state index contributed by atoms with van der Waals surface area (Å²) < 4.78 is 34.3. The average molecular weight is 351 g/mol. The van der Waals surface area contributed by atoms with E-state index >= 15 is 0 Å². The van der Waals surface area contributed by atoms with Crippen LogP contribution in [0.15, 0.2) is 35.5 Å². The lowest BCUT2D eigenvalue weighted by Crippen LogP contribution is -2.52. The van der Waals surface area contributed by atoms with E-state index in [1.165, 1.54) is 6.33 Å². The van der Waals surface area contributed by atoms with Crippen LogP contribution in [0.5, 0.6) is 5.75 Å². The van der Waals surface area contributed by atoms with Gasteiger partial charge in [-0.15, -0.1) is 0 Å². The largest absolute Gasteiger partial charge is 0.486 e. The van der Waals surface area contributed by atoms with E-state index in [0.717, 1.165) is 0 Å². The van der Waals surface area contributed by atoms with Crippen molar-refractivity contribution in [3.63, 3.8) is 0 Å². The lowest BCUT2D eigenvalue weighted by molar-refractivity contribution is 0.283. The number of ether oxygens (including phenoxy) is 1. The Hall–Kier alpha value is -1.97. The quantitative estimate of drug-likeness (QED) is 0.837. The molecule has 0 amide bonds. The summed E-state index contributed by atoms with van der Waals surface area (Å²) in [7, 11) is -1.69. The number of piperazine rings is 1. The molecule has 0 saturated carbocycles. The van der Waals surface area contributed by atoms with Crippen LogP contribution >= 0.6 is 0 Å². The van der Waals surface area contributed by atoms with Gasteiger partial charge in [-0.1, -0.05) is 0 Å². The van der Waals surface area contributed by atoms with Gasteiger partial charge in [0.1, 0.15) is 18.7 Å². The normalized spacial score (nSPS) is 19.3. The van der Waals surface area contributed by atoms with Crippen LogP contribution in [0.1, 0.15) is 12.7 Å². The third-order valence-electron chi connectivity index (χ3n) is 4.04. The summed E-state index contributed by atoms with van der Waals surface area (Å²) in [6, 6.07) is 6.42. The molecule has 1 atom stereocenters. The minimum atomic E-state index is -3.48. The van der Waals surface area contributed by atoms with Crippen LogP contribution in [0.4, 0.5) is 0 Å². The van der Waals surface area contributed by atoms with Gasteiger partial charge in [0.2, 0.25) is 10.0 Å². The summed E-state index contributed by atoms with van der Waals surface area (Å²) in [5.74, 6) is 1.28. The minimum Gasteiger partial charge on any atom is -0.486 e. The highest BCUT2D eigenvalue weighted by atomic mass is 32.2. The maximum atomic E-state index is 12.7. The zero-order valence-corrected chi connectivity index (χ0v) is 14.5. The Bertz CT molecular complexity index is 788. The molecule has 1 saturated heterocycles. The molecular formula is C15H21N5O3S. The third kappa shape index (κ3) is 3.42. The molecule has 9 heteroatoms. The molecule has 1 aliphatic rings. The molecule has 0 unspecified atom stereocenters. The lowest BCUT2D eigenvalue weighted by atomic mass is 10.3. The number of nitrogens with zero attached hydrogens (tertiary/aromatic N) is 4. The fourth-order valence-corrected chi connectivity index (χ4v) is 4.25. The molecule has 0 bridgehead atoms. The van der Waals surface area contributed by atoms with Crippen LogP contribution in [0.25, 0.3) is 0 Å². The zero-order chi connectivity index (χ0) is 17.2. The first-order valence-electron chi connectivity index (χ1n) is 7.77. The molecule has 1 aliphatic heterocycles. The molecule has 1 aromatic carbocycles. The van der Waals surface area contributed by atoms with E-state index in [0.29, 0.717) is 31.2 Å². The number of hydrogen-bond acceptors (Lipinski definition) is 6. The van der Waals surface area contributed by atoms with Crippen LogP contribution in [-0.4, -0.2) is 53.2 Å². The van der Waals surface area contributed by atoms with Crippen molar-refractivity contribution in [1.82, 2.24) is 24.4 Å². The zero-order valence-electron chi connectivity index (χ0n) is 13.7. The predicted octanol–water partition coefficient (Wildman–Crippen LogP) is 0.377. The van der Waals surface area contributed by atoms with Crippen molar-refractivity contribution >= 4 is 10.0 Å². The van der Waals surface area contributed by atoms with Gasteiger partial charge in [-0.05, 0) is 31.2 Å². The molecule has 24 heavy (non-hydrogen) atoms. The first-order chi connectivity index (χ1) is 11.5. The molecule has 1 fully saturated rings. The van der Waals surface area contributed by atoms with E-state index in [1.807, 2.05) is 6.92 Å². The third-order valence-corrected chi connectivity index (χ3v) is 6.07. The van der Waals surface area contributed by atoms with E-state index in [4.69, 9.17) is 4.74 Å². The van der Waals surface area contributed by atoms with Crippen LogP contribution in [0, 0.1) is 0 Å². The van der Waals surface area contributed by atoms with Gasteiger partial charge in [-0.3, -0.25) is 4.68 Å². The monoisotopic (exact) mass is 351 g/mol. The van der Waals surface area contributed by atoms with Crippen molar-refractivity contribution in [2.24, 2.45) is 7.05 Å². The molecule has 2 aromatic rings. The van der Waals surface area contributed by atoms with Gasteiger partial charge in [0, 0.05) is 32.7 Å². The molecule has 2 heterocycles. The Kier molecular flexibility index (Phi) is 4.83. The van der Waals surface area contributed by atoms with E-state index in [9.17, 15) is 8.42 Å². The molecule has 1 aromatic heterocycles. The fraction of sp³-hybridized carbons (Fsp3) is 0.467. The SMILES string of the molecule is C[C@H]1CNCCN1S(=O)(=O)c1ccc(OCc2ncnn2C)cc1. The van der Waals surface area contributed by atoms with Crippen molar-refractivity contribution < 1.29 is 13.2 Å². The lowest BCUT2D eigenvalue weighted by Gasteiger charge is -2.32. The second-order valence-electron chi connectivity index (χ2n) is 5.73. The summed E-state index contributed by atoms with van der Waals surface area (Å²) in [6.07, 6.45) is 1.46. The van der Waals surface area contributed by atoms with Crippen LogP contribution in [0.3, 0.4) is 0 Å². The summed E-state index contributed by atoms with van der Waals surface area (Å²) >= 11 is 0. The molecule has 0 radical (unpaired) electrons. The van der Waals surface area contributed by atoms with Crippen molar-refractivity contribution in [3.8, 4) is 5.75 Å². The van der Waals surface area contributed by atoms with Gasteiger partial charge >= 0.3 is 0 Å². The first kappa shape index (κ1) is 16.9. The summed E-state index contributed by atoms with van der Waals surface area (Å²) in [4.78, 5) is 4.36. The first-order valence-corrected chi connectivity index (χ1v) is 9.21. The van der Waals surface area contributed by atoms with Gasteiger partial charge in [-0.2, -0.15) is 9.40 Å². The summed E-state index contributed by atoms with van der Waals surface area (Å²) in [6.45, 7) is 3.99. The smallest absolute Gasteiger partial charge is 0.243 e. The van der Waals surface area contributed by atoms with E-state index in [1.54, 1.807) is 40.3 Å². The molecule has 8 nitrogen and oxygen atoms in total. The molecule has 1 N–H and O–H groups in total. The van der Waals surface area contributed by atoms with Crippen molar-refractivity contribution in [1.29, 1.82) is 0 Å². The van der Waals surface area contributed by atoms with Gasteiger partial charge in [0.05, 0.1) is 4.90 Å². The standard InChI is InChI=1S/C15H21N5O3S/c1-12-9-16-7-8-20(12)24(21,22)14-5-3-13(4-6-14)23-10-15-17-11-18-19(15)2/h3-6,11-12,16H,7-10H2,1-2H3/t12-/m0/s1. The number of aryl methyl sites for hydroxylation is 1. The Morgan fingerprint density at radius 2 is 2.08 bits per heavy atom. The van der Waals surface area contributed by atoms with Crippen molar-refractivity contribution in [3.05, 3.63) is 36.4 Å². The number of hydrogen-bond donors (Lipinski definition) is 1. The topological polar surface area (TPSA) is 89.3 Å². The molecule has 3 rings (SSSR count). The maximum absolute atomic E-state index is 12.7. The number of benzene rings is 1. The Morgan fingerprint density at radius 3 is 2.71 bits per heavy atom. The molecule has 0 aliphatic carbocycles. The number of sulfonamides is 1. The Balaban J connectivity index is 1.70. The predicted molar refractivity (Wildman–Crippen MR) is 88.0 cm³/mol. The Morgan fingerprint density at radius 1 is 1.33 bits per heavy atom. The number of aromatic nitrogens is 3. The summed E-state index contributed by atoms with van der Waals surface area (Å²) in [5.41, 5.74) is 0. The number of nitrogens with one attached hydrogen (secondary N) is 1. The second-order valence-corrected chi connectivity index (χ2v) is 7.62. The van der Waals surface area contributed by atoms with Gasteiger partial charge in [0.25, 0.3) is 0 Å². The van der Waals surface area contributed by atoms with Crippen LogP contribution < -0.4 is 10.1 Å². The average Bonchev–Trinajstić information content (AvgIpc) is 2.99. The molecular weight excluding hydrogens is 330 g/mol. The van der Waals surface area contributed by atoms with Gasteiger partial charge in [-0.25, -0.2) is 13.4 Å². The fourth-order valence-electron chi connectivity index (χ4n) is 2.62. The highest BCUT2D eigenvalue weighted by Crippen LogP contribution is 2.22. The van der Waals surface area contributed by atoms with E-state index in [-0.39, 0.29) is 17.5 Å². The van der Waals surface area contributed by atoms with E-state index < -0.39 is 10.0 Å². The van der Waals surface area contributed by atoms with E-state index in [2.05, 4.69) is 15.4 Å². The van der Waals surface area contributed by atoms with Crippen LogP contribution in [-0.2, 0) is 23.7 Å². The Labute approximate surface area is 141 Å². The second kappa shape index (κ2) is 6.88. The van der Waals surface area contributed by atoms with Crippen LogP contribution in [0.2, 0.25) is 0 Å². The number of rotatable bonds is 5. The highest BCUT2D eigenvalue weighted by Gasteiger charge is 2.30. The van der Waals surface area contributed by atoms with Crippen molar-refractivity contribution in [2.75, 3.05) is 19.6 Å². The van der Waals surface area contributed by atoms with Crippen molar-refractivity contribution in [2.45, 2.75) is 24.5 Å². The van der Waals surface area contributed by atoms with Gasteiger partial charge in [0.15, 0.2) is 5.82 Å². The molecule has 130 valence electrons. The minimum absolute atomic E-state index is 0.0596. The highest BCUT2D eigenvalue weighted by molar-refractivity contribution is 7.89. The molecule has 0 spiro atoms.